The molecule has 0 N–H and O–H groups in total. The van der Waals surface area contributed by atoms with Crippen LogP contribution in [0.2, 0.25) is 0 Å². The Morgan fingerprint density at radius 1 is 0.720 bits per heavy atom. The zero-order valence-electron chi connectivity index (χ0n) is 16.6. The molecule has 2 rings (SSSR count). The lowest BCUT2D eigenvalue weighted by atomic mass is 9.79. The van der Waals surface area contributed by atoms with Gasteiger partial charge >= 0.3 is 0 Å². The highest BCUT2D eigenvalue weighted by atomic mass is 16.5. The van der Waals surface area contributed by atoms with Crippen molar-refractivity contribution >= 4 is 0 Å². The molecule has 2 nitrogen and oxygen atoms in total. The topological polar surface area (TPSA) is 18.5 Å². The van der Waals surface area contributed by atoms with Gasteiger partial charge in [0.2, 0.25) is 0 Å². The van der Waals surface area contributed by atoms with E-state index in [0.717, 1.165) is 23.7 Å². The van der Waals surface area contributed by atoms with Gasteiger partial charge in [0.1, 0.15) is 0 Å². The summed E-state index contributed by atoms with van der Waals surface area (Å²) in [6.07, 6.45) is 13.3. The Morgan fingerprint density at radius 3 is 1.64 bits per heavy atom. The molecule has 0 aromatic heterocycles. The molecule has 2 fully saturated rings. The first-order chi connectivity index (χ1) is 11.0. The molecule has 0 aromatic rings. The van der Waals surface area contributed by atoms with E-state index in [0.29, 0.717) is 12.2 Å². The van der Waals surface area contributed by atoms with Gasteiger partial charge in [-0.05, 0) is 55.8 Å². The van der Waals surface area contributed by atoms with Gasteiger partial charge in [-0.1, -0.05) is 68.2 Å². The van der Waals surface area contributed by atoms with Crippen LogP contribution >= 0.6 is 0 Å². The first kappa shape index (κ1) is 27.1. The van der Waals surface area contributed by atoms with Crippen molar-refractivity contribution in [3.8, 4) is 0 Å². The Hall–Kier alpha value is -0.0800. The molecule has 0 saturated heterocycles. The highest BCUT2D eigenvalue weighted by Gasteiger charge is 2.27. The van der Waals surface area contributed by atoms with Gasteiger partial charge in [-0.3, -0.25) is 0 Å². The van der Waals surface area contributed by atoms with E-state index in [1.165, 1.54) is 57.8 Å². The van der Waals surface area contributed by atoms with E-state index < -0.39 is 0 Å². The second-order valence-corrected chi connectivity index (χ2v) is 8.41. The predicted octanol–water partition coefficient (Wildman–Crippen LogP) is 7.36. The van der Waals surface area contributed by atoms with Gasteiger partial charge in [0.05, 0.1) is 12.2 Å². The average molecular weight is 359 g/mol. The molecule has 0 spiro atoms. The fourth-order valence-electron chi connectivity index (χ4n) is 4.54. The molecule has 0 aliphatic heterocycles. The molecule has 2 heteroatoms. The maximum Gasteiger partial charge on any atom is 0.0601 e. The van der Waals surface area contributed by atoms with Gasteiger partial charge < -0.3 is 9.47 Å². The molecule has 0 amide bonds. The first-order valence-corrected chi connectivity index (χ1v) is 10.0. The van der Waals surface area contributed by atoms with Gasteiger partial charge in [0.25, 0.3) is 0 Å². The van der Waals surface area contributed by atoms with Crippen LogP contribution in [0.1, 0.15) is 100 Å². The lowest BCUT2D eigenvalue weighted by Gasteiger charge is -2.33. The van der Waals surface area contributed by atoms with E-state index >= 15 is 0 Å². The summed E-state index contributed by atoms with van der Waals surface area (Å²) in [5.41, 5.74) is 0. The predicted molar refractivity (Wildman–Crippen MR) is 113 cm³/mol. The third-order valence-corrected chi connectivity index (χ3v) is 5.83. The van der Waals surface area contributed by atoms with Crippen LogP contribution < -0.4 is 0 Å². The number of ether oxygens (including phenoxy) is 2. The first-order valence-electron chi connectivity index (χ1n) is 10.0. The van der Waals surface area contributed by atoms with Crippen molar-refractivity contribution < 1.29 is 9.47 Å². The summed E-state index contributed by atoms with van der Waals surface area (Å²) in [6.45, 7) is 9.23. The Kier molecular flexibility index (Phi) is 16.3. The average Bonchev–Trinajstić information content (AvgIpc) is 2.55. The molecule has 0 radical (unpaired) electrons. The van der Waals surface area contributed by atoms with Crippen molar-refractivity contribution in [3.63, 3.8) is 0 Å². The second kappa shape index (κ2) is 15.0. The van der Waals surface area contributed by atoms with E-state index in [1.54, 1.807) is 0 Å². The van der Waals surface area contributed by atoms with Crippen molar-refractivity contribution in [2.45, 2.75) is 113 Å². The van der Waals surface area contributed by atoms with Crippen LogP contribution in [0.25, 0.3) is 0 Å². The number of rotatable bonds is 5. The molecule has 4 unspecified atom stereocenters. The smallest absolute Gasteiger partial charge is 0.0601 e. The third kappa shape index (κ3) is 9.99. The molecule has 154 valence electrons. The minimum absolute atomic E-state index is 0. The third-order valence-electron chi connectivity index (χ3n) is 5.83. The summed E-state index contributed by atoms with van der Waals surface area (Å²) in [5, 5.41) is 0. The summed E-state index contributed by atoms with van der Waals surface area (Å²) in [6, 6.07) is 0. The van der Waals surface area contributed by atoms with Crippen LogP contribution in [-0.2, 0) is 9.47 Å². The normalized spacial score (nSPS) is 29.3. The van der Waals surface area contributed by atoms with Crippen molar-refractivity contribution in [1.82, 2.24) is 0 Å². The highest BCUT2D eigenvalue weighted by molar-refractivity contribution is 4.78. The summed E-state index contributed by atoms with van der Waals surface area (Å²) in [4.78, 5) is 0. The molecule has 0 bridgehead atoms. The minimum Gasteiger partial charge on any atom is -0.381 e. The molecule has 2 saturated carbocycles. The molecular weight excluding hydrogens is 308 g/mol. The van der Waals surface area contributed by atoms with Gasteiger partial charge in [0.15, 0.2) is 0 Å². The zero-order chi connectivity index (χ0) is 17.2. The van der Waals surface area contributed by atoms with E-state index in [2.05, 4.69) is 27.7 Å². The Labute approximate surface area is 160 Å². The SMILES string of the molecule is C.C.COC1CCCCC1C(C)C.COC1CCCCC1CC(C)C. The molecular formula is C23H50O2. The van der Waals surface area contributed by atoms with Gasteiger partial charge in [0, 0.05) is 14.2 Å². The largest absolute Gasteiger partial charge is 0.381 e. The standard InChI is InChI=1S/C11H22O.C10H20O.2CH4/c1-9(2)8-10-6-4-5-7-11(10)12-3;1-8(2)9-6-4-5-7-10(9)11-3;;/h9-11H,4-8H2,1-3H3;8-10H,4-7H2,1-3H3;2*1H4. The fourth-order valence-corrected chi connectivity index (χ4v) is 4.54. The molecule has 2 aliphatic rings. The fraction of sp³-hybridized carbons (Fsp3) is 1.00. The van der Waals surface area contributed by atoms with Crippen molar-refractivity contribution in [3.05, 3.63) is 0 Å². The number of hydrogen-bond donors (Lipinski definition) is 0. The molecule has 25 heavy (non-hydrogen) atoms. The Bertz CT molecular complexity index is 288. The maximum atomic E-state index is 5.50. The van der Waals surface area contributed by atoms with Crippen LogP contribution in [0.15, 0.2) is 0 Å². The van der Waals surface area contributed by atoms with Crippen molar-refractivity contribution in [2.24, 2.45) is 23.7 Å². The molecule has 4 atom stereocenters. The monoisotopic (exact) mass is 358 g/mol. The lowest BCUT2D eigenvalue weighted by Crippen LogP contribution is -2.30. The highest BCUT2D eigenvalue weighted by Crippen LogP contribution is 2.32. The van der Waals surface area contributed by atoms with E-state index in [4.69, 9.17) is 9.47 Å². The lowest BCUT2D eigenvalue weighted by molar-refractivity contribution is 0.00526. The van der Waals surface area contributed by atoms with Crippen LogP contribution in [0, 0.1) is 23.7 Å². The summed E-state index contributed by atoms with van der Waals surface area (Å²) < 4.78 is 11.0. The van der Waals surface area contributed by atoms with Crippen LogP contribution in [-0.4, -0.2) is 26.4 Å². The van der Waals surface area contributed by atoms with Crippen molar-refractivity contribution in [2.75, 3.05) is 14.2 Å². The molecule has 0 heterocycles. The molecule has 0 aromatic carbocycles. The number of methoxy groups -OCH3 is 2. The van der Waals surface area contributed by atoms with Gasteiger partial charge in [-0.15, -0.1) is 0 Å². The van der Waals surface area contributed by atoms with Gasteiger partial charge in [-0.25, -0.2) is 0 Å². The minimum atomic E-state index is 0. The van der Waals surface area contributed by atoms with E-state index in [-0.39, 0.29) is 14.9 Å². The van der Waals surface area contributed by atoms with E-state index in [1.807, 2.05) is 14.2 Å². The van der Waals surface area contributed by atoms with Crippen LogP contribution in [0.4, 0.5) is 0 Å². The van der Waals surface area contributed by atoms with Crippen molar-refractivity contribution in [1.29, 1.82) is 0 Å². The zero-order valence-corrected chi connectivity index (χ0v) is 16.6. The molecule has 2 aliphatic carbocycles. The Morgan fingerprint density at radius 2 is 1.20 bits per heavy atom. The number of hydrogen-bond acceptors (Lipinski definition) is 2. The second-order valence-electron chi connectivity index (χ2n) is 8.41. The Balaban J connectivity index is 0. The van der Waals surface area contributed by atoms with Gasteiger partial charge in [-0.2, -0.15) is 0 Å². The summed E-state index contributed by atoms with van der Waals surface area (Å²) >= 11 is 0. The van der Waals surface area contributed by atoms with Crippen LogP contribution in [0.5, 0.6) is 0 Å². The van der Waals surface area contributed by atoms with E-state index in [9.17, 15) is 0 Å². The quantitative estimate of drug-likeness (QED) is 0.511. The maximum absolute atomic E-state index is 5.50. The van der Waals surface area contributed by atoms with Crippen LogP contribution in [0.3, 0.4) is 0 Å². The summed E-state index contributed by atoms with van der Waals surface area (Å²) in [7, 11) is 3.72. The summed E-state index contributed by atoms with van der Waals surface area (Å²) in [5.74, 6) is 3.27.